The molecule has 0 unspecified atom stereocenters. The van der Waals surface area contributed by atoms with Crippen LogP contribution >= 0.6 is 11.3 Å². The highest BCUT2D eigenvalue weighted by molar-refractivity contribution is 7.90. The Balaban J connectivity index is 2.17. The van der Waals surface area contributed by atoms with Gasteiger partial charge in [-0.05, 0) is 63.1 Å². The van der Waals surface area contributed by atoms with E-state index in [1.807, 2.05) is 18.4 Å². The minimum atomic E-state index is -3.78. The highest BCUT2D eigenvalue weighted by Crippen LogP contribution is 2.23. The molecule has 7 heteroatoms. The summed E-state index contributed by atoms with van der Waals surface area (Å²) in [6.07, 6.45) is 0. The van der Waals surface area contributed by atoms with Crippen LogP contribution < -0.4 is 4.80 Å². The number of rotatable bonds is 6. The standard InChI is InChI=1S/C20H24N2O3S2/c1-5-25-11-10-22-18-12-15(3)16(4)13-19(18)26-20(22)21-27(23,24)17-8-6-14(2)7-9-17/h6-9,12-13H,5,10-11H2,1-4H3. The van der Waals surface area contributed by atoms with E-state index in [4.69, 9.17) is 4.74 Å². The number of aromatic nitrogens is 1. The largest absolute Gasteiger partial charge is 0.380 e. The van der Waals surface area contributed by atoms with Gasteiger partial charge in [0.2, 0.25) is 4.80 Å². The Morgan fingerprint density at radius 3 is 2.41 bits per heavy atom. The number of sulfonamides is 1. The van der Waals surface area contributed by atoms with Crippen LogP contribution in [0.5, 0.6) is 0 Å². The summed E-state index contributed by atoms with van der Waals surface area (Å²) in [5, 5.41) is 0. The quantitative estimate of drug-likeness (QED) is 0.585. The molecule has 0 atom stereocenters. The van der Waals surface area contributed by atoms with Crippen molar-refractivity contribution in [3.63, 3.8) is 0 Å². The van der Waals surface area contributed by atoms with Gasteiger partial charge in [-0.1, -0.05) is 29.0 Å². The van der Waals surface area contributed by atoms with Crippen molar-refractivity contribution >= 4 is 31.6 Å². The average Bonchev–Trinajstić information content (AvgIpc) is 2.92. The number of hydrogen-bond acceptors (Lipinski definition) is 4. The summed E-state index contributed by atoms with van der Waals surface area (Å²) < 4.78 is 38.2. The summed E-state index contributed by atoms with van der Waals surface area (Å²) in [6.45, 7) is 9.65. The average molecular weight is 405 g/mol. The molecule has 0 aliphatic rings. The molecule has 0 saturated carbocycles. The summed E-state index contributed by atoms with van der Waals surface area (Å²) in [7, 11) is -3.78. The van der Waals surface area contributed by atoms with Crippen molar-refractivity contribution in [1.29, 1.82) is 0 Å². The van der Waals surface area contributed by atoms with Crippen molar-refractivity contribution in [3.8, 4) is 0 Å². The van der Waals surface area contributed by atoms with Gasteiger partial charge in [-0.25, -0.2) is 0 Å². The third-order valence-corrected chi connectivity index (χ3v) is 6.92. The number of nitrogens with zero attached hydrogens (tertiary/aromatic N) is 2. The molecule has 0 aliphatic heterocycles. The molecule has 0 fully saturated rings. The zero-order valence-corrected chi connectivity index (χ0v) is 17.7. The van der Waals surface area contributed by atoms with Crippen molar-refractivity contribution in [2.24, 2.45) is 4.40 Å². The Morgan fingerprint density at radius 2 is 1.74 bits per heavy atom. The number of thiazole rings is 1. The van der Waals surface area contributed by atoms with Gasteiger partial charge in [0.05, 0.1) is 21.7 Å². The minimum absolute atomic E-state index is 0.203. The molecule has 5 nitrogen and oxygen atoms in total. The van der Waals surface area contributed by atoms with Crippen LogP contribution in [0.15, 0.2) is 45.7 Å². The lowest BCUT2D eigenvalue weighted by molar-refractivity contribution is 0.139. The van der Waals surface area contributed by atoms with Gasteiger partial charge in [-0.2, -0.15) is 8.42 Å². The second-order valence-corrected chi connectivity index (χ2v) is 9.13. The second kappa shape index (κ2) is 7.96. The summed E-state index contributed by atoms with van der Waals surface area (Å²) in [5.41, 5.74) is 4.33. The first-order valence-electron chi connectivity index (χ1n) is 8.88. The fourth-order valence-corrected chi connectivity index (χ4v) is 5.11. The lowest BCUT2D eigenvalue weighted by atomic mass is 10.1. The van der Waals surface area contributed by atoms with Gasteiger partial charge in [-0.15, -0.1) is 4.40 Å². The molecule has 0 aliphatic carbocycles. The zero-order valence-electron chi connectivity index (χ0n) is 16.0. The molecule has 0 amide bonds. The molecule has 1 heterocycles. The molecular formula is C20H24N2O3S2. The Labute approximate surface area is 164 Å². The van der Waals surface area contributed by atoms with E-state index >= 15 is 0 Å². The Bertz CT molecular complexity index is 1120. The molecule has 27 heavy (non-hydrogen) atoms. The zero-order chi connectivity index (χ0) is 19.6. The van der Waals surface area contributed by atoms with Crippen molar-refractivity contribution in [2.45, 2.75) is 39.1 Å². The van der Waals surface area contributed by atoms with E-state index in [9.17, 15) is 8.42 Å². The van der Waals surface area contributed by atoms with E-state index in [2.05, 4.69) is 30.4 Å². The van der Waals surface area contributed by atoms with Gasteiger partial charge >= 0.3 is 0 Å². The number of fused-ring (bicyclic) bond motifs is 1. The molecule has 1 aromatic heterocycles. The molecule has 0 N–H and O–H groups in total. The summed E-state index contributed by atoms with van der Waals surface area (Å²) in [5.74, 6) is 0. The number of hydrogen-bond donors (Lipinski definition) is 0. The molecular weight excluding hydrogens is 380 g/mol. The number of aryl methyl sites for hydroxylation is 3. The molecule has 3 rings (SSSR count). The van der Waals surface area contributed by atoms with Gasteiger partial charge in [0.1, 0.15) is 0 Å². The first-order chi connectivity index (χ1) is 12.8. The maximum atomic E-state index is 12.8. The van der Waals surface area contributed by atoms with E-state index in [-0.39, 0.29) is 4.90 Å². The van der Waals surface area contributed by atoms with Crippen LogP contribution in [0.3, 0.4) is 0 Å². The van der Waals surface area contributed by atoms with Crippen LogP contribution in [-0.2, 0) is 21.3 Å². The molecule has 0 bridgehead atoms. The van der Waals surface area contributed by atoms with Crippen molar-refractivity contribution in [1.82, 2.24) is 4.57 Å². The van der Waals surface area contributed by atoms with Gasteiger partial charge in [0.25, 0.3) is 10.0 Å². The second-order valence-electron chi connectivity index (χ2n) is 6.52. The van der Waals surface area contributed by atoms with Crippen LogP contribution in [0.4, 0.5) is 0 Å². The van der Waals surface area contributed by atoms with E-state index in [0.717, 1.165) is 15.8 Å². The smallest absolute Gasteiger partial charge is 0.285 e. The highest BCUT2D eigenvalue weighted by atomic mass is 32.2. The van der Waals surface area contributed by atoms with Gasteiger partial charge in [-0.3, -0.25) is 0 Å². The first kappa shape index (κ1) is 19.8. The predicted octanol–water partition coefficient (Wildman–Crippen LogP) is 3.95. The van der Waals surface area contributed by atoms with Gasteiger partial charge < -0.3 is 9.30 Å². The predicted molar refractivity (Wildman–Crippen MR) is 110 cm³/mol. The van der Waals surface area contributed by atoms with E-state index in [1.54, 1.807) is 24.3 Å². The molecule has 2 aromatic carbocycles. The molecule has 0 saturated heterocycles. The van der Waals surface area contributed by atoms with Crippen LogP contribution in [0, 0.1) is 20.8 Å². The maximum absolute atomic E-state index is 12.8. The molecule has 3 aromatic rings. The summed E-state index contributed by atoms with van der Waals surface area (Å²) in [6, 6.07) is 10.9. The van der Waals surface area contributed by atoms with Gasteiger partial charge in [0.15, 0.2) is 0 Å². The van der Waals surface area contributed by atoms with Crippen LogP contribution in [0.25, 0.3) is 10.2 Å². The van der Waals surface area contributed by atoms with E-state index in [0.29, 0.717) is 24.6 Å². The summed E-state index contributed by atoms with van der Waals surface area (Å²) in [4.78, 5) is 0.671. The normalized spacial score (nSPS) is 12.8. The first-order valence-corrected chi connectivity index (χ1v) is 11.1. The van der Waals surface area contributed by atoms with Crippen molar-refractivity contribution < 1.29 is 13.2 Å². The Hall–Kier alpha value is -1.96. The third-order valence-electron chi connectivity index (χ3n) is 4.48. The molecule has 0 radical (unpaired) electrons. The van der Waals surface area contributed by atoms with E-state index in [1.165, 1.54) is 22.5 Å². The lowest BCUT2D eigenvalue weighted by Gasteiger charge is -2.07. The SMILES string of the molecule is CCOCCn1c(=NS(=O)(=O)c2ccc(C)cc2)sc2cc(C)c(C)cc21. The van der Waals surface area contributed by atoms with Crippen LogP contribution in [-0.4, -0.2) is 26.2 Å². The topological polar surface area (TPSA) is 60.7 Å². The van der Waals surface area contributed by atoms with E-state index < -0.39 is 10.0 Å². The Morgan fingerprint density at radius 1 is 1.07 bits per heavy atom. The maximum Gasteiger partial charge on any atom is 0.285 e. The fraction of sp³-hybridized carbons (Fsp3) is 0.350. The lowest BCUT2D eigenvalue weighted by Crippen LogP contribution is -2.20. The summed E-state index contributed by atoms with van der Waals surface area (Å²) >= 11 is 1.39. The van der Waals surface area contributed by atoms with Crippen LogP contribution in [0.1, 0.15) is 23.6 Å². The van der Waals surface area contributed by atoms with Crippen molar-refractivity contribution in [2.75, 3.05) is 13.2 Å². The molecule has 0 spiro atoms. The minimum Gasteiger partial charge on any atom is -0.380 e. The number of ether oxygens (including phenoxy) is 1. The third kappa shape index (κ3) is 4.31. The fourth-order valence-electron chi connectivity index (χ4n) is 2.77. The van der Waals surface area contributed by atoms with Crippen molar-refractivity contribution in [3.05, 3.63) is 57.9 Å². The monoisotopic (exact) mass is 404 g/mol. The number of benzene rings is 2. The van der Waals surface area contributed by atoms with Crippen LogP contribution in [0.2, 0.25) is 0 Å². The Kier molecular flexibility index (Phi) is 5.83. The van der Waals surface area contributed by atoms with Gasteiger partial charge in [0, 0.05) is 13.2 Å². The molecule has 144 valence electrons. The highest BCUT2D eigenvalue weighted by Gasteiger charge is 2.15.